The van der Waals surface area contributed by atoms with E-state index in [1.54, 1.807) is 11.0 Å². The summed E-state index contributed by atoms with van der Waals surface area (Å²) in [5.41, 5.74) is -0.319. The Bertz CT molecular complexity index is 1020. The van der Waals surface area contributed by atoms with E-state index in [0.717, 1.165) is 19.4 Å². The summed E-state index contributed by atoms with van der Waals surface area (Å²) in [5.74, 6) is 0.177. The first-order chi connectivity index (χ1) is 15.6. The van der Waals surface area contributed by atoms with Crippen molar-refractivity contribution in [2.45, 2.75) is 45.3 Å². The van der Waals surface area contributed by atoms with E-state index in [4.69, 9.17) is 9.47 Å². The molecule has 1 amide bonds. The Balaban J connectivity index is 1.56. The average Bonchev–Trinajstić information content (AvgIpc) is 3.18. The van der Waals surface area contributed by atoms with Crippen LogP contribution in [-0.4, -0.2) is 83.9 Å². The van der Waals surface area contributed by atoms with Crippen LogP contribution in [0.25, 0.3) is 10.9 Å². The van der Waals surface area contributed by atoms with Crippen molar-refractivity contribution in [3.8, 4) is 6.01 Å². The molecule has 1 atom stereocenters. The molecule has 2 fully saturated rings. The van der Waals surface area contributed by atoms with E-state index >= 15 is 0 Å². The molecule has 0 saturated carbocycles. The fourth-order valence-electron chi connectivity index (χ4n) is 4.19. The minimum absolute atomic E-state index is 0.171. The van der Waals surface area contributed by atoms with Crippen LogP contribution in [0, 0.1) is 5.82 Å². The number of anilines is 1. The molecule has 2 aliphatic rings. The van der Waals surface area contributed by atoms with Crippen LogP contribution in [0.15, 0.2) is 16.6 Å². The lowest BCUT2D eigenvalue weighted by molar-refractivity contribution is 0.0240. The lowest BCUT2D eigenvalue weighted by Gasteiger charge is -2.36. The zero-order chi connectivity index (χ0) is 23.8. The first-order valence-electron chi connectivity index (χ1n) is 11.3. The van der Waals surface area contributed by atoms with Crippen LogP contribution < -0.4 is 9.64 Å². The summed E-state index contributed by atoms with van der Waals surface area (Å²) in [6.45, 7) is 9.14. The van der Waals surface area contributed by atoms with Gasteiger partial charge in [0.2, 0.25) is 0 Å². The number of benzene rings is 1. The summed E-state index contributed by atoms with van der Waals surface area (Å²) in [6, 6.07) is 3.95. The minimum Gasteiger partial charge on any atom is -0.462 e. The number of rotatable bonds is 4. The molecule has 10 heteroatoms. The van der Waals surface area contributed by atoms with Gasteiger partial charge in [0, 0.05) is 37.6 Å². The monoisotopic (exact) mass is 523 g/mol. The summed E-state index contributed by atoms with van der Waals surface area (Å²) in [5, 5.41) is 0.617. The van der Waals surface area contributed by atoms with Gasteiger partial charge in [-0.2, -0.15) is 9.97 Å². The molecule has 0 N–H and O–H groups in total. The fraction of sp³-hybridized carbons (Fsp3) is 0.609. The molecule has 2 aliphatic heterocycles. The summed E-state index contributed by atoms with van der Waals surface area (Å²) in [4.78, 5) is 27.5. The Labute approximate surface area is 202 Å². The molecule has 33 heavy (non-hydrogen) atoms. The van der Waals surface area contributed by atoms with Crippen molar-refractivity contribution in [2.24, 2.45) is 0 Å². The maximum Gasteiger partial charge on any atom is 0.410 e. The van der Waals surface area contributed by atoms with Crippen molar-refractivity contribution in [2.75, 3.05) is 51.3 Å². The minimum atomic E-state index is -0.540. The Kier molecular flexibility index (Phi) is 6.95. The standard InChI is InChI=1S/C23H31BrFN5O3/c1-23(2,3)33-22(31)30-12-10-29(11-13-30)20-16-7-8-17(24)18(25)19(16)26-21(27-20)32-14-15-6-5-9-28(15)4/h7-8,15H,5-6,9-14H2,1-4H3/t15-/m0/s1. The average molecular weight is 524 g/mol. The predicted octanol–water partition coefficient (Wildman–Crippen LogP) is 4.06. The van der Waals surface area contributed by atoms with Crippen LogP contribution in [0.3, 0.4) is 0 Å². The van der Waals surface area contributed by atoms with Gasteiger partial charge in [-0.25, -0.2) is 9.18 Å². The van der Waals surface area contributed by atoms with E-state index in [9.17, 15) is 9.18 Å². The largest absolute Gasteiger partial charge is 0.462 e. The van der Waals surface area contributed by atoms with Gasteiger partial charge in [0.25, 0.3) is 0 Å². The molecule has 8 nitrogen and oxygen atoms in total. The highest BCUT2D eigenvalue weighted by atomic mass is 79.9. The van der Waals surface area contributed by atoms with Crippen molar-refractivity contribution in [1.29, 1.82) is 0 Å². The van der Waals surface area contributed by atoms with E-state index in [-0.39, 0.29) is 17.6 Å². The van der Waals surface area contributed by atoms with Crippen molar-refractivity contribution in [1.82, 2.24) is 19.8 Å². The number of ether oxygens (including phenoxy) is 2. The zero-order valence-corrected chi connectivity index (χ0v) is 21.2. The Morgan fingerprint density at radius 3 is 2.55 bits per heavy atom. The van der Waals surface area contributed by atoms with Gasteiger partial charge < -0.3 is 24.2 Å². The molecule has 0 unspecified atom stereocenters. The van der Waals surface area contributed by atoms with Crippen LogP contribution in [0.1, 0.15) is 33.6 Å². The summed E-state index contributed by atoms with van der Waals surface area (Å²) in [7, 11) is 2.08. The predicted molar refractivity (Wildman–Crippen MR) is 128 cm³/mol. The highest BCUT2D eigenvalue weighted by Crippen LogP contribution is 2.32. The number of halogens is 2. The summed E-state index contributed by atoms with van der Waals surface area (Å²) >= 11 is 3.26. The number of likely N-dealkylation sites (tertiary alicyclic amines) is 1. The highest BCUT2D eigenvalue weighted by molar-refractivity contribution is 9.10. The van der Waals surface area contributed by atoms with Crippen molar-refractivity contribution < 1.29 is 18.7 Å². The van der Waals surface area contributed by atoms with Gasteiger partial charge >= 0.3 is 12.1 Å². The molecule has 2 saturated heterocycles. The molecule has 3 heterocycles. The molecule has 0 spiro atoms. The number of carbonyl (C=O) groups excluding carboxylic acids is 1. The van der Waals surface area contributed by atoms with E-state index in [1.807, 2.05) is 31.7 Å². The van der Waals surface area contributed by atoms with Gasteiger partial charge in [0.05, 0.1) is 4.47 Å². The highest BCUT2D eigenvalue weighted by Gasteiger charge is 2.28. The number of hydrogen-bond acceptors (Lipinski definition) is 7. The lowest BCUT2D eigenvalue weighted by atomic mass is 10.2. The molecule has 1 aromatic carbocycles. The third-order valence-corrected chi connectivity index (χ3v) is 6.64. The molecule has 0 aliphatic carbocycles. The maximum absolute atomic E-state index is 15.0. The van der Waals surface area contributed by atoms with Gasteiger partial charge in [-0.05, 0) is 75.3 Å². The number of nitrogens with zero attached hydrogens (tertiary/aromatic N) is 5. The molecule has 180 valence electrons. The Morgan fingerprint density at radius 2 is 1.91 bits per heavy atom. The van der Waals surface area contributed by atoms with Crippen LogP contribution in [0.2, 0.25) is 0 Å². The summed E-state index contributed by atoms with van der Waals surface area (Å²) < 4.78 is 26.8. The van der Waals surface area contributed by atoms with Gasteiger partial charge in [-0.1, -0.05) is 0 Å². The van der Waals surface area contributed by atoms with E-state index in [1.165, 1.54) is 0 Å². The number of likely N-dealkylation sites (N-methyl/N-ethyl adjacent to an activating group) is 1. The fourth-order valence-corrected chi connectivity index (χ4v) is 4.51. The van der Waals surface area contributed by atoms with Crippen molar-refractivity contribution in [3.63, 3.8) is 0 Å². The third kappa shape index (κ3) is 5.48. The quantitative estimate of drug-likeness (QED) is 0.598. The second-order valence-electron chi connectivity index (χ2n) is 9.63. The van der Waals surface area contributed by atoms with E-state index in [2.05, 4.69) is 37.8 Å². The van der Waals surface area contributed by atoms with Gasteiger partial charge in [-0.15, -0.1) is 0 Å². The van der Waals surface area contributed by atoms with Gasteiger partial charge in [0.1, 0.15) is 23.5 Å². The topological polar surface area (TPSA) is 71.0 Å². The van der Waals surface area contributed by atoms with Crippen LogP contribution in [0.5, 0.6) is 6.01 Å². The first-order valence-corrected chi connectivity index (χ1v) is 12.1. The number of amides is 1. The van der Waals surface area contributed by atoms with Gasteiger partial charge in [0.15, 0.2) is 5.82 Å². The Morgan fingerprint density at radius 1 is 1.18 bits per heavy atom. The van der Waals surface area contributed by atoms with Gasteiger partial charge in [-0.3, -0.25) is 0 Å². The van der Waals surface area contributed by atoms with E-state index in [0.29, 0.717) is 54.5 Å². The van der Waals surface area contributed by atoms with E-state index < -0.39 is 11.4 Å². The number of hydrogen-bond donors (Lipinski definition) is 0. The molecule has 1 aromatic heterocycles. The second kappa shape index (κ2) is 9.58. The van der Waals surface area contributed by atoms with Crippen molar-refractivity contribution in [3.05, 3.63) is 22.4 Å². The number of piperazine rings is 1. The lowest BCUT2D eigenvalue weighted by Crippen LogP contribution is -2.50. The molecule has 2 aromatic rings. The SMILES string of the molecule is CN1CCC[C@H]1COc1nc(N2CCN(C(=O)OC(C)(C)C)CC2)c2ccc(Br)c(F)c2n1. The third-order valence-electron chi connectivity index (χ3n) is 6.03. The number of aromatic nitrogens is 2. The second-order valence-corrected chi connectivity index (χ2v) is 10.5. The molecular formula is C23H31BrFN5O3. The maximum atomic E-state index is 15.0. The van der Waals surface area contributed by atoms with Crippen LogP contribution in [0.4, 0.5) is 15.0 Å². The Hall–Kier alpha value is -2.20. The van der Waals surface area contributed by atoms with Crippen LogP contribution >= 0.6 is 15.9 Å². The molecular weight excluding hydrogens is 493 g/mol. The normalized spacial score (nSPS) is 19.9. The van der Waals surface area contributed by atoms with Crippen LogP contribution in [-0.2, 0) is 4.74 Å². The molecule has 0 radical (unpaired) electrons. The zero-order valence-electron chi connectivity index (χ0n) is 19.6. The first kappa shape index (κ1) is 23.9. The molecule has 0 bridgehead atoms. The smallest absolute Gasteiger partial charge is 0.410 e. The summed E-state index contributed by atoms with van der Waals surface area (Å²) in [6.07, 6.45) is 1.87. The van der Waals surface area contributed by atoms with Crippen molar-refractivity contribution >= 4 is 38.7 Å². The number of carbonyl (C=O) groups is 1. The molecule has 4 rings (SSSR count). The number of fused-ring (bicyclic) bond motifs is 1.